The van der Waals surface area contributed by atoms with Gasteiger partial charge in [-0.1, -0.05) is 37.2 Å². The summed E-state index contributed by atoms with van der Waals surface area (Å²) in [6.07, 6.45) is 3.55. The number of carbonyl (C=O) groups is 1. The Morgan fingerprint density at radius 2 is 2.00 bits per heavy atom. The highest BCUT2D eigenvalue weighted by molar-refractivity contribution is 7.99. The van der Waals surface area contributed by atoms with Crippen LogP contribution >= 0.6 is 23.4 Å². The predicted molar refractivity (Wildman–Crippen MR) is 123 cm³/mol. The average molecular weight is 435 g/mol. The minimum absolute atomic E-state index is 0.168. The third kappa shape index (κ3) is 6.44. The summed E-state index contributed by atoms with van der Waals surface area (Å²) in [6.45, 7) is 12.4. The van der Waals surface area contributed by atoms with Gasteiger partial charge >= 0.3 is 0 Å². The first-order valence-electron chi connectivity index (χ1n) is 9.02. The van der Waals surface area contributed by atoms with E-state index in [1.54, 1.807) is 12.3 Å². The standard InChI is InChI=1S/C21H27ClN2O2SSi/c1-21(2,3)24-19(25)20(27-4)26-15-8-9-17-16(12-15)18(22)14(13-23-17)10-11-28(5,6)7/h8-9,12-13,20H,1-7H3,(H,24,25). The Morgan fingerprint density at radius 3 is 2.57 bits per heavy atom. The van der Waals surface area contributed by atoms with Crippen LogP contribution in [-0.2, 0) is 4.79 Å². The number of carbonyl (C=O) groups excluding carboxylic acids is 1. The van der Waals surface area contributed by atoms with Crippen LogP contribution in [-0.4, -0.2) is 36.2 Å². The van der Waals surface area contributed by atoms with Crippen molar-refractivity contribution in [2.75, 3.05) is 6.26 Å². The zero-order valence-electron chi connectivity index (χ0n) is 17.4. The number of nitrogens with one attached hydrogen (secondary N) is 1. The molecule has 0 fully saturated rings. The number of aromatic nitrogens is 1. The van der Waals surface area contributed by atoms with Crippen LogP contribution in [0.1, 0.15) is 26.3 Å². The number of hydrogen-bond donors (Lipinski definition) is 1. The lowest BCUT2D eigenvalue weighted by atomic mass is 10.1. The van der Waals surface area contributed by atoms with Crippen molar-refractivity contribution in [1.29, 1.82) is 0 Å². The van der Waals surface area contributed by atoms with E-state index in [1.165, 1.54) is 11.8 Å². The number of benzene rings is 1. The van der Waals surface area contributed by atoms with E-state index in [2.05, 4.69) is 41.4 Å². The summed E-state index contributed by atoms with van der Waals surface area (Å²) < 4.78 is 5.92. The molecule has 2 aromatic rings. The van der Waals surface area contributed by atoms with E-state index in [1.807, 2.05) is 39.2 Å². The van der Waals surface area contributed by atoms with Crippen molar-refractivity contribution in [1.82, 2.24) is 10.3 Å². The lowest BCUT2D eigenvalue weighted by Gasteiger charge is -2.24. The average Bonchev–Trinajstić information content (AvgIpc) is 2.57. The van der Waals surface area contributed by atoms with Gasteiger partial charge in [0.15, 0.2) is 0 Å². The van der Waals surface area contributed by atoms with E-state index in [0.717, 1.165) is 10.9 Å². The third-order valence-corrected chi connectivity index (χ3v) is 5.54. The number of fused-ring (bicyclic) bond motifs is 1. The molecule has 1 aromatic heterocycles. The monoisotopic (exact) mass is 434 g/mol. The second kappa shape index (κ2) is 8.77. The first-order valence-corrected chi connectivity index (χ1v) is 14.2. The molecular weight excluding hydrogens is 408 g/mol. The summed E-state index contributed by atoms with van der Waals surface area (Å²) in [4.78, 5) is 16.9. The molecule has 1 atom stereocenters. The molecule has 150 valence electrons. The van der Waals surface area contributed by atoms with Gasteiger partial charge in [-0.25, -0.2) is 0 Å². The number of nitrogens with zero attached hydrogens (tertiary/aromatic N) is 1. The van der Waals surface area contributed by atoms with Crippen molar-refractivity contribution in [2.45, 2.75) is 51.4 Å². The number of pyridine rings is 1. The van der Waals surface area contributed by atoms with E-state index in [-0.39, 0.29) is 11.4 Å². The van der Waals surface area contributed by atoms with Gasteiger partial charge in [0.05, 0.1) is 16.1 Å². The number of amides is 1. The SMILES string of the molecule is CSC(Oc1ccc2ncc(C#C[Si](C)(C)C)c(Cl)c2c1)C(=O)NC(C)(C)C. The summed E-state index contributed by atoms with van der Waals surface area (Å²) in [7, 11) is -1.52. The number of thioether (sulfide) groups is 1. The predicted octanol–water partition coefficient (Wildman–Crippen LogP) is 5.10. The Labute approximate surface area is 177 Å². The molecule has 0 aliphatic heterocycles. The molecule has 0 saturated heterocycles. The van der Waals surface area contributed by atoms with Crippen molar-refractivity contribution < 1.29 is 9.53 Å². The first-order chi connectivity index (χ1) is 12.9. The molecule has 1 aromatic carbocycles. The van der Waals surface area contributed by atoms with E-state index < -0.39 is 13.5 Å². The molecule has 28 heavy (non-hydrogen) atoms. The van der Waals surface area contributed by atoms with Gasteiger partial charge in [-0.2, -0.15) is 0 Å². The summed E-state index contributed by atoms with van der Waals surface area (Å²) in [5.74, 6) is 3.57. The zero-order valence-corrected chi connectivity index (χ0v) is 20.0. The maximum absolute atomic E-state index is 12.4. The van der Waals surface area contributed by atoms with Crippen molar-refractivity contribution in [2.24, 2.45) is 0 Å². The Balaban J connectivity index is 2.34. The second-order valence-corrected chi connectivity index (χ2v) is 14.6. The molecule has 7 heteroatoms. The number of rotatable bonds is 4. The molecule has 0 saturated carbocycles. The smallest absolute Gasteiger partial charge is 0.272 e. The van der Waals surface area contributed by atoms with Crippen LogP contribution in [0.3, 0.4) is 0 Å². The highest BCUT2D eigenvalue weighted by atomic mass is 35.5. The van der Waals surface area contributed by atoms with Crippen LogP contribution < -0.4 is 10.1 Å². The molecular formula is C21H27ClN2O2SSi. The third-order valence-electron chi connectivity index (χ3n) is 3.52. The maximum Gasteiger partial charge on any atom is 0.272 e. The number of halogens is 1. The summed E-state index contributed by atoms with van der Waals surface area (Å²) in [6, 6.07) is 5.45. The topological polar surface area (TPSA) is 51.2 Å². The molecule has 1 N–H and O–H groups in total. The second-order valence-electron chi connectivity index (χ2n) is 8.59. The fraction of sp³-hybridized carbons (Fsp3) is 0.429. The van der Waals surface area contributed by atoms with Gasteiger partial charge in [0.25, 0.3) is 5.91 Å². The van der Waals surface area contributed by atoms with Gasteiger partial charge < -0.3 is 10.1 Å². The minimum atomic E-state index is -1.52. The zero-order chi connectivity index (χ0) is 21.1. The lowest BCUT2D eigenvalue weighted by Crippen LogP contribution is -2.46. The summed E-state index contributed by atoms with van der Waals surface area (Å²) in [5.41, 5.74) is 3.80. The highest BCUT2D eigenvalue weighted by Crippen LogP contribution is 2.30. The quantitative estimate of drug-likeness (QED) is 0.413. The molecule has 1 amide bonds. The van der Waals surface area contributed by atoms with E-state index in [9.17, 15) is 4.79 Å². The van der Waals surface area contributed by atoms with Gasteiger partial charge in [-0.05, 0) is 45.2 Å². The lowest BCUT2D eigenvalue weighted by molar-refractivity contribution is -0.125. The van der Waals surface area contributed by atoms with Crippen molar-refractivity contribution in [3.63, 3.8) is 0 Å². The van der Waals surface area contributed by atoms with E-state index in [4.69, 9.17) is 16.3 Å². The highest BCUT2D eigenvalue weighted by Gasteiger charge is 2.24. The van der Waals surface area contributed by atoms with Crippen LogP contribution in [0, 0.1) is 11.5 Å². The Morgan fingerprint density at radius 1 is 1.32 bits per heavy atom. The van der Waals surface area contributed by atoms with E-state index >= 15 is 0 Å². The molecule has 0 bridgehead atoms. The fourth-order valence-corrected chi connectivity index (χ4v) is 3.55. The minimum Gasteiger partial charge on any atom is -0.470 e. The van der Waals surface area contributed by atoms with Crippen LogP contribution in [0.15, 0.2) is 24.4 Å². The molecule has 0 radical (unpaired) electrons. The van der Waals surface area contributed by atoms with Crippen molar-refractivity contribution >= 4 is 48.2 Å². The maximum atomic E-state index is 12.4. The fourth-order valence-electron chi connectivity index (χ4n) is 2.32. The molecule has 0 spiro atoms. The van der Waals surface area contributed by atoms with Gasteiger partial charge in [0, 0.05) is 17.1 Å². The Kier molecular flexibility index (Phi) is 7.08. The molecule has 1 heterocycles. The van der Waals surface area contributed by atoms with Gasteiger partial charge in [0.1, 0.15) is 13.8 Å². The van der Waals surface area contributed by atoms with Crippen LogP contribution in [0.25, 0.3) is 10.9 Å². The summed E-state index contributed by atoms with van der Waals surface area (Å²) >= 11 is 7.93. The number of hydrogen-bond acceptors (Lipinski definition) is 4. The van der Waals surface area contributed by atoms with Gasteiger partial charge in [-0.15, -0.1) is 17.3 Å². The first kappa shape index (κ1) is 22.6. The van der Waals surface area contributed by atoms with Gasteiger partial charge in [-0.3, -0.25) is 9.78 Å². The molecule has 0 aliphatic rings. The van der Waals surface area contributed by atoms with Crippen LogP contribution in [0.5, 0.6) is 5.75 Å². The van der Waals surface area contributed by atoms with Crippen molar-refractivity contribution in [3.8, 4) is 17.2 Å². The van der Waals surface area contributed by atoms with E-state index in [0.29, 0.717) is 16.3 Å². The largest absolute Gasteiger partial charge is 0.470 e. The van der Waals surface area contributed by atoms with Crippen molar-refractivity contribution in [3.05, 3.63) is 35.0 Å². The molecule has 2 rings (SSSR count). The summed E-state index contributed by atoms with van der Waals surface area (Å²) in [5, 5.41) is 4.26. The Bertz CT molecular complexity index is 940. The molecule has 4 nitrogen and oxygen atoms in total. The van der Waals surface area contributed by atoms with Crippen LogP contribution in [0.4, 0.5) is 0 Å². The molecule has 0 aliphatic carbocycles. The molecule has 1 unspecified atom stereocenters. The Hall–Kier alpha value is -1.68. The normalized spacial score (nSPS) is 12.9. The number of ether oxygens (including phenoxy) is 1. The van der Waals surface area contributed by atoms with Gasteiger partial charge in [0.2, 0.25) is 5.44 Å². The van der Waals surface area contributed by atoms with Crippen LogP contribution in [0.2, 0.25) is 24.7 Å².